The van der Waals surface area contributed by atoms with Crippen molar-refractivity contribution in [2.75, 3.05) is 7.11 Å². The SMILES string of the molecule is COc1cccc(CC(=O)C(F)F)c1. The molecule has 1 aromatic rings. The van der Waals surface area contributed by atoms with Gasteiger partial charge in [-0.1, -0.05) is 12.1 Å². The summed E-state index contributed by atoms with van der Waals surface area (Å²) in [7, 11) is 1.48. The molecule has 0 aromatic heterocycles. The zero-order chi connectivity index (χ0) is 10.6. The van der Waals surface area contributed by atoms with Crippen LogP contribution < -0.4 is 4.74 Å². The summed E-state index contributed by atoms with van der Waals surface area (Å²) in [4.78, 5) is 10.7. The van der Waals surface area contributed by atoms with Gasteiger partial charge in [0.05, 0.1) is 7.11 Å². The number of halogens is 2. The third-order valence-electron chi connectivity index (χ3n) is 1.76. The van der Waals surface area contributed by atoms with Crippen molar-refractivity contribution in [1.29, 1.82) is 0 Å². The van der Waals surface area contributed by atoms with Gasteiger partial charge in [0.2, 0.25) is 5.78 Å². The Morgan fingerprint density at radius 2 is 2.21 bits per heavy atom. The van der Waals surface area contributed by atoms with E-state index in [1.165, 1.54) is 7.11 Å². The molecule has 0 fully saturated rings. The monoisotopic (exact) mass is 200 g/mol. The maximum atomic E-state index is 11.9. The number of carbonyl (C=O) groups excluding carboxylic acids is 1. The molecule has 0 heterocycles. The van der Waals surface area contributed by atoms with Gasteiger partial charge in [0.15, 0.2) is 0 Å². The third kappa shape index (κ3) is 2.80. The van der Waals surface area contributed by atoms with Crippen molar-refractivity contribution in [2.24, 2.45) is 0 Å². The van der Waals surface area contributed by atoms with Crippen molar-refractivity contribution >= 4 is 5.78 Å². The molecule has 0 atom stereocenters. The van der Waals surface area contributed by atoms with Gasteiger partial charge in [0.25, 0.3) is 6.43 Å². The average Bonchev–Trinajstić information content (AvgIpc) is 2.18. The first-order valence-electron chi connectivity index (χ1n) is 4.07. The lowest BCUT2D eigenvalue weighted by atomic mass is 10.1. The zero-order valence-corrected chi connectivity index (χ0v) is 7.67. The number of alkyl halides is 2. The van der Waals surface area contributed by atoms with E-state index in [9.17, 15) is 13.6 Å². The minimum atomic E-state index is -2.90. The predicted octanol–water partition coefficient (Wildman–Crippen LogP) is 2.07. The van der Waals surface area contributed by atoms with Crippen molar-refractivity contribution in [3.63, 3.8) is 0 Å². The van der Waals surface area contributed by atoms with Crippen LogP contribution in [0.1, 0.15) is 5.56 Å². The lowest BCUT2D eigenvalue weighted by Crippen LogP contribution is -2.12. The van der Waals surface area contributed by atoms with E-state index in [0.29, 0.717) is 11.3 Å². The lowest BCUT2D eigenvalue weighted by molar-refractivity contribution is -0.128. The van der Waals surface area contributed by atoms with Crippen LogP contribution in [0, 0.1) is 0 Å². The molecule has 0 N–H and O–H groups in total. The molecule has 1 aromatic carbocycles. The Hall–Kier alpha value is -1.45. The van der Waals surface area contributed by atoms with E-state index < -0.39 is 12.2 Å². The number of methoxy groups -OCH3 is 1. The molecule has 2 nitrogen and oxygen atoms in total. The average molecular weight is 200 g/mol. The fraction of sp³-hybridized carbons (Fsp3) is 0.300. The Labute approximate surface area is 80.5 Å². The number of hydrogen-bond acceptors (Lipinski definition) is 2. The minimum absolute atomic E-state index is 0.255. The summed E-state index contributed by atoms with van der Waals surface area (Å²) >= 11 is 0. The van der Waals surface area contributed by atoms with Gasteiger partial charge in [-0.3, -0.25) is 4.79 Å². The van der Waals surface area contributed by atoms with E-state index in [-0.39, 0.29) is 6.42 Å². The summed E-state index contributed by atoms with van der Waals surface area (Å²) in [6, 6.07) is 6.53. The summed E-state index contributed by atoms with van der Waals surface area (Å²) in [6.07, 6.45) is -3.16. The van der Waals surface area contributed by atoms with Crippen LogP contribution in [-0.4, -0.2) is 19.3 Å². The molecule has 0 aliphatic rings. The Kier molecular flexibility index (Phi) is 3.56. The van der Waals surface area contributed by atoms with Crippen LogP contribution in [0.15, 0.2) is 24.3 Å². The Bertz CT molecular complexity index is 324. The van der Waals surface area contributed by atoms with Crippen molar-refractivity contribution in [2.45, 2.75) is 12.8 Å². The number of hydrogen-bond donors (Lipinski definition) is 0. The van der Waals surface area contributed by atoms with Crippen LogP contribution >= 0.6 is 0 Å². The molecule has 0 aliphatic heterocycles. The highest BCUT2D eigenvalue weighted by Gasteiger charge is 2.15. The number of benzene rings is 1. The highest BCUT2D eigenvalue weighted by Crippen LogP contribution is 2.14. The van der Waals surface area contributed by atoms with E-state index in [4.69, 9.17) is 4.74 Å². The molecule has 4 heteroatoms. The third-order valence-corrected chi connectivity index (χ3v) is 1.76. The standard InChI is InChI=1S/C10H10F2O2/c1-14-8-4-2-3-7(5-8)6-9(13)10(11)12/h2-5,10H,6H2,1H3. The van der Waals surface area contributed by atoms with Crippen LogP contribution in [0.3, 0.4) is 0 Å². The van der Waals surface area contributed by atoms with E-state index >= 15 is 0 Å². The number of carbonyl (C=O) groups is 1. The maximum Gasteiger partial charge on any atom is 0.296 e. The van der Waals surface area contributed by atoms with Crippen LogP contribution in [0.2, 0.25) is 0 Å². The second kappa shape index (κ2) is 4.69. The zero-order valence-electron chi connectivity index (χ0n) is 7.67. The van der Waals surface area contributed by atoms with Gasteiger partial charge in [-0.15, -0.1) is 0 Å². The molecule has 0 spiro atoms. The van der Waals surface area contributed by atoms with Crippen LogP contribution in [0.25, 0.3) is 0 Å². The molecule has 0 aliphatic carbocycles. The fourth-order valence-corrected chi connectivity index (χ4v) is 1.06. The number of rotatable bonds is 4. The Morgan fingerprint density at radius 3 is 2.79 bits per heavy atom. The first kappa shape index (κ1) is 10.6. The van der Waals surface area contributed by atoms with Gasteiger partial charge < -0.3 is 4.74 Å². The first-order valence-corrected chi connectivity index (χ1v) is 4.07. The van der Waals surface area contributed by atoms with Gasteiger partial charge in [-0.05, 0) is 17.7 Å². The fourth-order valence-electron chi connectivity index (χ4n) is 1.06. The highest BCUT2D eigenvalue weighted by atomic mass is 19.3. The lowest BCUT2D eigenvalue weighted by Gasteiger charge is -2.03. The largest absolute Gasteiger partial charge is 0.497 e. The highest BCUT2D eigenvalue weighted by molar-refractivity contribution is 5.83. The number of ketones is 1. The van der Waals surface area contributed by atoms with E-state index in [1.807, 2.05) is 0 Å². The van der Waals surface area contributed by atoms with Gasteiger partial charge in [0.1, 0.15) is 5.75 Å². The molecule has 0 unspecified atom stereocenters. The molecule has 0 radical (unpaired) electrons. The molecule has 76 valence electrons. The molecule has 0 saturated carbocycles. The summed E-state index contributed by atoms with van der Waals surface area (Å²) in [5.74, 6) is -0.511. The van der Waals surface area contributed by atoms with Crippen molar-refractivity contribution in [3.8, 4) is 5.75 Å². The molecular formula is C10H10F2O2. The van der Waals surface area contributed by atoms with E-state index in [1.54, 1.807) is 24.3 Å². The second-order valence-electron chi connectivity index (χ2n) is 2.80. The molecular weight excluding hydrogens is 190 g/mol. The molecule has 14 heavy (non-hydrogen) atoms. The second-order valence-corrected chi connectivity index (χ2v) is 2.80. The minimum Gasteiger partial charge on any atom is -0.497 e. The van der Waals surface area contributed by atoms with E-state index in [2.05, 4.69) is 0 Å². The van der Waals surface area contributed by atoms with Gasteiger partial charge >= 0.3 is 0 Å². The van der Waals surface area contributed by atoms with Gasteiger partial charge in [0, 0.05) is 6.42 Å². The normalized spacial score (nSPS) is 10.3. The van der Waals surface area contributed by atoms with Gasteiger partial charge in [-0.25, -0.2) is 8.78 Å². The molecule has 1 rings (SSSR count). The smallest absolute Gasteiger partial charge is 0.296 e. The van der Waals surface area contributed by atoms with Crippen LogP contribution in [0.5, 0.6) is 5.75 Å². The van der Waals surface area contributed by atoms with Gasteiger partial charge in [-0.2, -0.15) is 0 Å². The van der Waals surface area contributed by atoms with Crippen molar-refractivity contribution < 1.29 is 18.3 Å². The summed E-state index contributed by atoms with van der Waals surface area (Å²) in [5.41, 5.74) is 0.537. The van der Waals surface area contributed by atoms with E-state index in [0.717, 1.165) is 0 Å². The molecule has 0 bridgehead atoms. The topological polar surface area (TPSA) is 26.3 Å². The maximum absolute atomic E-state index is 11.9. The number of Topliss-reactive ketones (excluding diaryl/α,β-unsaturated/α-hetero) is 1. The number of ether oxygens (including phenoxy) is 1. The molecule has 0 amide bonds. The summed E-state index contributed by atoms with van der Waals surface area (Å²) < 4.78 is 28.7. The predicted molar refractivity (Wildman–Crippen MR) is 47.7 cm³/mol. The van der Waals surface area contributed by atoms with Crippen molar-refractivity contribution in [3.05, 3.63) is 29.8 Å². The summed E-state index contributed by atoms with van der Waals surface area (Å²) in [6.45, 7) is 0. The van der Waals surface area contributed by atoms with Crippen LogP contribution in [0.4, 0.5) is 8.78 Å². The Balaban J connectivity index is 2.72. The summed E-state index contributed by atoms with van der Waals surface area (Å²) in [5, 5.41) is 0. The first-order chi connectivity index (χ1) is 6.63. The quantitative estimate of drug-likeness (QED) is 0.743. The Morgan fingerprint density at radius 1 is 1.50 bits per heavy atom. The van der Waals surface area contributed by atoms with Crippen molar-refractivity contribution in [1.82, 2.24) is 0 Å². The van der Waals surface area contributed by atoms with Crippen LogP contribution in [-0.2, 0) is 11.2 Å². The molecule has 0 saturated heterocycles.